The number of ether oxygens (including phenoxy) is 3. The van der Waals surface area contributed by atoms with Crippen molar-refractivity contribution in [3.05, 3.63) is 46.8 Å². The molecular weight excluding hydrogens is 422 g/mol. The van der Waals surface area contributed by atoms with Crippen LogP contribution in [0.2, 0.25) is 0 Å². The van der Waals surface area contributed by atoms with E-state index in [-0.39, 0.29) is 28.9 Å². The van der Waals surface area contributed by atoms with Gasteiger partial charge in [0, 0.05) is 29.4 Å². The molecule has 0 amide bonds. The monoisotopic (exact) mass is 447 g/mol. The van der Waals surface area contributed by atoms with Gasteiger partial charge in [-0.05, 0) is 44.5 Å². The molecule has 2 aliphatic rings. The first-order chi connectivity index (χ1) is 14.7. The smallest absolute Gasteiger partial charge is 0.338 e. The summed E-state index contributed by atoms with van der Waals surface area (Å²) < 4.78 is 42.0. The number of carbonyl (C=O) groups excluding carboxylic acids is 2. The van der Waals surface area contributed by atoms with Crippen LogP contribution in [0.5, 0.6) is 11.5 Å². The maximum Gasteiger partial charge on any atom is 0.338 e. The highest BCUT2D eigenvalue weighted by molar-refractivity contribution is 7.91. The number of sulfone groups is 1. The summed E-state index contributed by atoms with van der Waals surface area (Å²) in [4.78, 5) is 25.2. The lowest BCUT2D eigenvalue weighted by molar-refractivity contribution is 0.0474. The molecule has 9 heteroatoms. The standard InChI is InChI=1S/C22H25NO7S/c1-14-10-18(15(2)23(14)17-6-9-31(26,27)13-17)19(24)12-30-22(25)16-4-5-20-21(11-16)29-8-3-7-28-20/h4-5,10-11,17H,3,6-9,12-13H2,1-2H3/t17-/m1/s1. The molecule has 0 aliphatic carbocycles. The summed E-state index contributed by atoms with van der Waals surface area (Å²) in [6.07, 6.45) is 1.29. The molecule has 0 N–H and O–H groups in total. The third-order valence-corrected chi connectivity index (χ3v) is 7.43. The van der Waals surface area contributed by atoms with Crippen LogP contribution in [0, 0.1) is 13.8 Å². The summed E-state index contributed by atoms with van der Waals surface area (Å²) in [5.74, 6) is 0.337. The van der Waals surface area contributed by atoms with Crippen molar-refractivity contribution >= 4 is 21.6 Å². The molecule has 1 aromatic heterocycles. The second-order valence-electron chi connectivity index (χ2n) is 7.92. The molecule has 0 saturated carbocycles. The van der Waals surface area contributed by atoms with E-state index in [0.717, 1.165) is 12.1 Å². The molecule has 31 heavy (non-hydrogen) atoms. The lowest BCUT2D eigenvalue weighted by Crippen LogP contribution is -2.17. The molecule has 8 nitrogen and oxygen atoms in total. The van der Waals surface area contributed by atoms with E-state index in [4.69, 9.17) is 14.2 Å². The van der Waals surface area contributed by atoms with E-state index in [9.17, 15) is 18.0 Å². The predicted octanol–water partition coefficient (Wildman–Crippen LogP) is 2.67. The van der Waals surface area contributed by atoms with Gasteiger partial charge in [0.15, 0.2) is 27.9 Å². The number of esters is 1. The molecule has 0 unspecified atom stereocenters. The number of ketones is 1. The first-order valence-corrected chi connectivity index (χ1v) is 12.1. The number of nitrogens with zero attached hydrogens (tertiary/aromatic N) is 1. The Labute approximate surface area is 181 Å². The summed E-state index contributed by atoms with van der Waals surface area (Å²) in [5, 5.41) is 0. The van der Waals surface area contributed by atoms with Gasteiger partial charge in [-0.25, -0.2) is 13.2 Å². The molecule has 0 bridgehead atoms. The number of rotatable bonds is 5. The van der Waals surface area contributed by atoms with Gasteiger partial charge in [0.1, 0.15) is 0 Å². The first kappa shape index (κ1) is 21.4. The normalized spacial score (nSPS) is 19.6. The van der Waals surface area contributed by atoms with Crippen LogP contribution in [0.15, 0.2) is 24.3 Å². The van der Waals surface area contributed by atoms with E-state index in [1.165, 1.54) is 0 Å². The molecule has 1 atom stereocenters. The minimum absolute atomic E-state index is 0.0795. The van der Waals surface area contributed by atoms with Gasteiger partial charge in [-0.2, -0.15) is 0 Å². The van der Waals surface area contributed by atoms with Crippen LogP contribution in [0.4, 0.5) is 0 Å². The van der Waals surface area contributed by atoms with Gasteiger partial charge in [0.2, 0.25) is 5.78 Å². The van der Waals surface area contributed by atoms with Gasteiger partial charge in [-0.3, -0.25) is 4.79 Å². The molecule has 3 heterocycles. The van der Waals surface area contributed by atoms with Crippen molar-refractivity contribution in [3.8, 4) is 11.5 Å². The molecule has 2 aromatic rings. The van der Waals surface area contributed by atoms with Gasteiger partial charge in [-0.1, -0.05) is 0 Å². The largest absolute Gasteiger partial charge is 0.490 e. The van der Waals surface area contributed by atoms with Crippen LogP contribution in [-0.2, 0) is 14.6 Å². The van der Waals surface area contributed by atoms with E-state index in [1.807, 2.05) is 11.5 Å². The molecular formula is C22H25NO7S. The van der Waals surface area contributed by atoms with Crippen molar-refractivity contribution in [3.63, 3.8) is 0 Å². The quantitative estimate of drug-likeness (QED) is 0.513. The van der Waals surface area contributed by atoms with Crippen molar-refractivity contribution in [1.29, 1.82) is 0 Å². The van der Waals surface area contributed by atoms with Crippen molar-refractivity contribution in [1.82, 2.24) is 4.57 Å². The van der Waals surface area contributed by atoms with Gasteiger partial charge in [0.25, 0.3) is 0 Å². The number of fused-ring (bicyclic) bond motifs is 1. The van der Waals surface area contributed by atoms with Gasteiger partial charge >= 0.3 is 5.97 Å². The number of aryl methyl sites for hydroxylation is 1. The Hall–Kier alpha value is -2.81. The highest BCUT2D eigenvalue weighted by Gasteiger charge is 2.31. The Kier molecular flexibility index (Phi) is 5.79. The third kappa shape index (κ3) is 4.46. The number of hydrogen-bond acceptors (Lipinski definition) is 7. The Balaban J connectivity index is 1.44. The average Bonchev–Trinajstić information content (AvgIpc) is 3.12. The molecule has 2 aliphatic heterocycles. The third-order valence-electron chi connectivity index (χ3n) is 5.68. The summed E-state index contributed by atoms with van der Waals surface area (Å²) in [6, 6.07) is 6.34. The van der Waals surface area contributed by atoms with E-state index in [1.54, 1.807) is 31.2 Å². The van der Waals surface area contributed by atoms with Gasteiger partial charge < -0.3 is 18.8 Å². The number of hydrogen-bond donors (Lipinski definition) is 0. The Bertz CT molecular complexity index is 1130. The molecule has 1 fully saturated rings. The lowest BCUT2D eigenvalue weighted by atomic mass is 10.1. The van der Waals surface area contributed by atoms with Crippen molar-refractivity contribution < 1.29 is 32.2 Å². The van der Waals surface area contributed by atoms with Gasteiger partial charge in [-0.15, -0.1) is 0 Å². The molecule has 0 spiro atoms. The van der Waals surface area contributed by atoms with Gasteiger partial charge in [0.05, 0.1) is 30.3 Å². The van der Waals surface area contributed by atoms with E-state index < -0.39 is 22.4 Å². The first-order valence-electron chi connectivity index (χ1n) is 10.2. The van der Waals surface area contributed by atoms with Crippen molar-refractivity contribution in [2.24, 2.45) is 0 Å². The Morgan fingerprint density at radius 2 is 1.87 bits per heavy atom. The number of benzene rings is 1. The van der Waals surface area contributed by atoms with Crippen LogP contribution in [-0.4, -0.2) is 56.1 Å². The Morgan fingerprint density at radius 3 is 2.58 bits per heavy atom. The zero-order chi connectivity index (χ0) is 22.2. The summed E-state index contributed by atoms with van der Waals surface area (Å²) in [6.45, 7) is 4.29. The molecule has 166 valence electrons. The fraction of sp³-hybridized carbons (Fsp3) is 0.455. The minimum atomic E-state index is -3.04. The minimum Gasteiger partial charge on any atom is -0.490 e. The SMILES string of the molecule is Cc1cc(C(=O)COC(=O)c2ccc3c(c2)OCCCO3)c(C)n1[C@@H]1CCS(=O)(=O)C1. The highest BCUT2D eigenvalue weighted by Crippen LogP contribution is 2.31. The zero-order valence-corrected chi connectivity index (χ0v) is 18.4. The maximum absolute atomic E-state index is 12.7. The molecule has 0 radical (unpaired) electrons. The number of carbonyl (C=O) groups is 2. The van der Waals surface area contributed by atoms with Crippen LogP contribution in [0.1, 0.15) is 51.0 Å². The predicted molar refractivity (Wildman–Crippen MR) is 113 cm³/mol. The van der Waals surface area contributed by atoms with Crippen molar-refractivity contribution in [2.45, 2.75) is 32.7 Å². The second kappa shape index (κ2) is 8.37. The summed E-state index contributed by atoms with van der Waals surface area (Å²) in [5.41, 5.74) is 2.22. The fourth-order valence-corrected chi connectivity index (χ4v) is 5.88. The van der Waals surface area contributed by atoms with Crippen LogP contribution >= 0.6 is 0 Å². The molecule has 4 rings (SSSR count). The van der Waals surface area contributed by atoms with Crippen LogP contribution in [0.3, 0.4) is 0 Å². The lowest BCUT2D eigenvalue weighted by Gasteiger charge is -2.16. The average molecular weight is 448 g/mol. The molecule has 1 aromatic carbocycles. The highest BCUT2D eigenvalue weighted by atomic mass is 32.2. The number of aromatic nitrogens is 1. The van der Waals surface area contributed by atoms with E-state index >= 15 is 0 Å². The van der Waals surface area contributed by atoms with E-state index in [0.29, 0.717) is 42.4 Å². The molecule has 1 saturated heterocycles. The summed E-state index contributed by atoms with van der Waals surface area (Å²) >= 11 is 0. The van der Waals surface area contributed by atoms with Crippen LogP contribution < -0.4 is 9.47 Å². The topological polar surface area (TPSA) is 101 Å². The second-order valence-corrected chi connectivity index (χ2v) is 10.2. The Morgan fingerprint density at radius 1 is 1.13 bits per heavy atom. The van der Waals surface area contributed by atoms with E-state index in [2.05, 4.69) is 0 Å². The maximum atomic E-state index is 12.7. The number of Topliss-reactive ketones (excluding diaryl/α,β-unsaturated/α-hetero) is 1. The fourth-order valence-electron chi connectivity index (χ4n) is 4.18. The zero-order valence-electron chi connectivity index (χ0n) is 17.5. The van der Waals surface area contributed by atoms with Crippen molar-refractivity contribution in [2.75, 3.05) is 31.3 Å². The summed E-state index contributed by atoms with van der Waals surface area (Å²) in [7, 11) is -3.04. The van der Waals surface area contributed by atoms with Crippen LogP contribution in [0.25, 0.3) is 0 Å².